The number of nitrogens with zero attached hydrogens (tertiary/aromatic N) is 3. The zero-order valence-electron chi connectivity index (χ0n) is 21.5. The average molecular weight is 493 g/mol. The zero-order valence-corrected chi connectivity index (χ0v) is 21.5. The van der Waals surface area contributed by atoms with Crippen LogP contribution in [0.3, 0.4) is 0 Å². The fourth-order valence-corrected chi connectivity index (χ4v) is 4.15. The number of aryl methyl sites for hydroxylation is 1. The number of esters is 1. The van der Waals surface area contributed by atoms with Gasteiger partial charge in [-0.1, -0.05) is 68.3 Å². The molecule has 0 bridgehead atoms. The molecule has 0 fully saturated rings. The van der Waals surface area contributed by atoms with Crippen molar-refractivity contribution in [3.63, 3.8) is 0 Å². The van der Waals surface area contributed by atoms with Crippen molar-refractivity contribution in [1.29, 1.82) is 0 Å². The number of hydrogen-bond donors (Lipinski definition) is 2. The average Bonchev–Trinajstić information content (AvgIpc) is 3.38. The summed E-state index contributed by atoms with van der Waals surface area (Å²) in [4.78, 5) is 24.8. The molecule has 0 amide bonds. The Labute approximate surface area is 212 Å². The fraction of sp³-hybridized carbons (Fsp3) is 0.464. The maximum atomic E-state index is 12.7. The van der Waals surface area contributed by atoms with E-state index in [1.807, 2.05) is 69.3 Å². The molecule has 0 aliphatic carbocycles. The molecule has 0 unspecified atom stereocenters. The fourth-order valence-electron chi connectivity index (χ4n) is 4.15. The number of H-pyrrole nitrogens is 1. The van der Waals surface area contributed by atoms with E-state index in [2.05, 4.69) is 27.5 Å². The molecule has 0 aliphatic rings. The Bertz CT molecular complexity index is 1100. The summed E-state index contributed by atoms with van der Waals surface area (Å²) >= 11 is 0. The number of hydrogen-bond acceptors (Lipinski definition) is 6. The topological polar surface area (TPSA) is 118 Å². The van der Waals surface area contributed by atoms with Crippen LogP contribution in [-0.4, -0.2) is 43.3 Å². The Morgan fingerprint density at radius 3 is 2.08 bits per heavy atom. The Hall–Kier alpha value is -3.55. The minimum atomic E-state index is -0.863. The molecule has 0 radical (unpaired) electrons. The van der Waals surface area contributed by atoms with Gasteiger partial charge in [0, 0.05) is 5.56 Å². The van der Waals surface area contributed by atoms with Crippen molar-refractivity contribution in [3.05, 3.63) is 54.1 Å². The predicted octanol–water partition coefficient (Wildman–Crippen LogP) is 5.71. The minimum Gasteiger partial charge on any atom is -0.481 e. The monoisotopic (exact) mass is 492 g/mol. The molecule has 0 spiro atoms. The first-order valence-corrected chi connectivity index (χ1v) is 12.5. The first-order valence-electron chi connectivity index (χ1n) is 12.5. The molecule has 2 aromatic carbocycles. The van der Waals surface area contributed by atoms with Gasteiger partial charge in [0.1, 0.15) is 5.60 Å². The van der Waals surface area contributed by atoms with E-state index in [9.17, 15) is 14.7 Å². The number of aromatic amines is 1. The van der Waals surface area contributed by atoms with Crippen LogP contribution in [0.25, 0.3) is 22.5 Å². The number of tetrazole rings is 1. The summed E-state index contributed by atoms with van der Waals surface area (Å²) < 4.78 is 5.58. The number of aromatic nitrogens is 4. The lowest BCUT2D eigenvalue weighted by Crippen LogP contribution is -2.31. The third-order valence-electron chi connectivity index (χ3n) is 6.12. The van der Waals surface area contributed by atoms with Gasteiger partial charge >= 0.3 is 11.9 Å². The number of benzene rings is 2. The Morgan fingerprint density at radius 2 is 1.56 bits per heavy atom. The van der Waals surface area contributed by atoms with Gasteiger partial charge in [0.2, 0.25) is 5.82 Å². The SMILES string of the molecule is CCCC[C@@H](C[C@@H](CCc1ccc(-c2ccc(-c3nn[nH]n3)cc2)cc1)C(=O)O)C(=O)OC(C)(C)C. The molecule has 2 atom stereocenters. The van der Waals surface area contributed by atoms with E-state index in [0.29, 0.717) is 31.5 Å². The molecule has 192 valence electrons. The summed E-state index contributed by atoms with van der Waals surface area (Å²) in [6.45, 7) is 7.57. The number of aliphatic carboxylic acids is 1. The van der Waals surface area contributed by atoms with Crippen LogP contribution >= 0.6 is 0 Å². The lowest BCUT2D eigenvalue weighted by Gasteiger charge is -2.25. The number of carboxylic acid groups (broad SMARTS) is 1. The Morgan fingerprint density at radius 1 is 0.944 bits per heavy atom. The van der Waals surface area contributed by atoms with Gasteiger partial charge in [0.05, 0.1) is 11.8 Å². The molecule has 3 rings (SSSR count). The summed E-state index contributed by atoms with van der Waals surface area (Å²) in [5.41, 5.74) is 3.49. The van der Waals surface area contributed by atoms with Crippen molar-refractivity contribution in [2.24, 2.45) is 11.8 Å². The number of ether oxygens (including phenoxy) is 1. The van der Waals surface area contributed by atoms with Crippen molar-refractivity contribution in [3.8, 4) is 22.5 Å². The molecule has 1 aromatic heterocycles. The second-order valence-corrected chi connectivity index (χ2v) is 10.2. The second kappa shape index (κ2) is 12.4. The molecule has 1 heterocycles. The van der Waals surface area contributed by atoms with Crippen LogP contribution in [0, 0.1) is 11.8 Å². The minimum absolute atomic E-state index is 0.295. The van der Waals surface area contributed by atoms with Gasteiger partial charge in [-0.15, -0.1) is 10.2 Å². The molecule has 3 aromatic rings. The highest BCUT2D eigenvalue weighted by atomic mass is 16.6. The van der Waals surface area contributed by atoms with Crippen molar-refractivity contribution >= 4 is 11.9 Å². The van der Waals surface area contributed by atoms with Crippen molar-refractivity contribution in [1.82, 2.24) is 20.6 Å². The molecular formula is C28H36N4O4. The number of unbranched alkanes of at least 4 members (excludes halogenated alkanes) is 1. The number of rotatable bonds is 12. The Kier molecular flexibility index (Phi) is 9.33. The summed E-state index contributed by atoms with van der Waals surface area (Å²) in [5.74, 6) is -1.61. The highest BCUT2D eigenvalue weighted by Gasteiger charge is 2.30. The largest absolute Gasteiger partial charge is 0.481 e. The smallest absolute Gasteiger partial charge is 0.309 e. The quantitative estimate of drug-likeness (QED) is 0.311. The first-order chi connectivity index (χ1) is 17.2. The summed E-state index contributed by atoms with van der Waals surface area (Å²) in [7, 11) is 0. The summed E-state index contributed by atoms with van der Waals surface area (Å²) in [6.07, 6.45) is 3.86. The van der Waals surface area contributed by atoms with Crippen LogP contribution in [0.2, 0.25) is 0 Å². The van der Waals surface area contributed by atoms with Gasteiger partial charge < -0.3 is 9.84 Å². The highest BCUT2D eigenvalue weighted by Crippen LogP contribution is 2.27. The molecule has 36 heavy (non-hydrogen) atoms. The first kappa shape index (κ1) is 27.0. The third-order valence-corrected chi connectivity index (χ3v) is 6.12. The lowest BCUT2D eigenvalue weighted by molar-refractivity contribution is -0.161. The van der Waals surface area contributed by atoms with Crippen molar-refractivity contribution < 1.29 is 19.4 Å². The second-order valence-electron chi connectivity index (χ2n) is 10.2. The molecular weight excluding hydrogens is 456 g/mol. The van der Waals surface area contributed by atoms with E-state index in [0.717, 1.165) is 35.1 Å². The molecule has 2 N–H and O–H groups in total. The van der Waals surface area contributed by atoms with Gasteiger partial charge in [0.15, 0.2) is 0 Å². The maximum absolute atomic E-state index is 12.7. The standard InChI is InChI=1S/C28H36N4O4/c1-5-6-7-24(27(35)36-28(2,3)4)18-23(26(33)34)13-10-19-8-11-20(12-9-19)21-14-16-22(17-15-21)25-29-31-32-30-25/h8-9,11-12,14-17,23-24H,5-7,10,13,18H2,1-4H3,(H,33,34)(H,29,30,31,32)/t23-,24+/m1/s1. The normalized spacial score (nSPS) is 13.2. The van der Waals surface area contributed by atoms with Gasteiger partial charge in [-0.25, -0.2) is 0 Å². The number of carbonyl (C=O) groups is 2. The number of nitrogens with one attached hydrogen (secondary N) is 1. The summed E-state index contributed by atoms with van der Waals surface area (Å²) in [5, 5.41) is 23.9. The van der Waals surface area contributed by atoms with E-state index < -0.39 is 23.4 Å². The molecule has 0 aliphatic heterocycles. The number of carbonyl (C=O) groups excluding carboxylic acids is 1. The van der Waals surface area contributed by atoms with Gasteiger partial charge in [-0.3, -0.25) is 9.59 Å². The molecule has 0 saturated carbocycles. The summed E-state index contributed by atoms with van der Waals surface area (Å²) in [6, 6.07) is 16.1. The maximum Gasteiger partial charge on any atom is 0.309 e. The molecule has 8 nitrogen and oxygen atoms in total. The van der Waals surface area contributed by atoms with E-state index >= 15 is 0 Å². The van der Waals surface area contributed by atoms with E-state index in [-0.39, 0.29) is 5.97 Å². The lowest BCUT2D eigenvalue weighted by atomic mass is 9.86. The van der Waals surface area contributed by atoms with Gasteiger partial charge in [-0.2, -0.15) is 5.21 Å². The molecule has 8 heteroatoms. The Balaban J connectivity index is 1.62. The highest BCUT2D eigenvalue weighted by molar-refractivity contribution is 5.75. The van der Waals surface area contributed by atoms with E-state index in [4.69, 9.17) is 4.74 Å². The van der Waals surface area contributed by atoms with Crippen LogP contribution < -0.4 is 0 Å². The van der Waals surface area contributed by atoms with Crippen LogP contribution in [-0.2, 0) is 20.7 Å². The predicted molar refractivity (Wildman–Crippen MR) is 138 cm³/mol. The number of carboxylic acids is 1. The van der Waals surface area contributed by atoms with Crippen molar-refractivity contribution in [2.75, 3.05) is 0 Å². The zero-order chi connectivity index (χ0) is 26.1. The van der Waals surface area contributed by atoms with E-state index in [1.165, 1.54) is 0 Å². The van der Waals surface area contributed by atoms with Crippen LogP contribution in [0.5, 0.6) is 0 Å². The van der Waals surface area contributed by atoms with Gasteiger partial charge in [-0.05, 0) is 68.4 Å². The van der Waals surface area contributed by atoms with Crippen molar-refractivity contribution in [2.45, 2.75) is 71.8 Å². The molecule has 0 saturated heterocycles. The third kappa shape index (κ3) is 8.00. The van der Waals surface area contributed by atoms with Crippen LogP contribution in [0.1, 0.15) is 65.4 Å². The van der Waals surface area contributed by atoms with Gasteiger partial charge in [0.25, 0.3) is 0 Å². The van der Waals surface area contributed by atoms with Crippen LogP contribution in [0.15, 0.2) is 48.5 Å². The van der Waals surface area contributed by atoms with E-state index in [1.54, 1.807) is 0 Å². The van der Waals surface area contributed by atoms with Crippen LogP contribution in [0.4, 0.5) is 0 Å².